The summed E-state index contributed by atoms with van der Waals surface area (Å²) in [6, 6.07) is 5.27. The summed E-state index contributed by atoms with van der Waals surface area (Å²) in [4.78, 5) is 9.81. The van der Waals surface area contributed by atoms with Gasteiger partial charge in [-0.1, -0.05) is 13.8 Å². The fraction of sp³-hybridized carbons (Fsp3) is 0.750. The lowest BCUT2D eigenvalue weighted by Gasteiger charge is -2.40. The minimum absolute atomic E-state index is 0.412. The summed E-state index contributed by atoms with van der Waals surface area (Å²) in [7, 11) is 0. The first-order valence-corrected chi connectivity index (χ1v) is 15.6. The van der Waals surface area contributed by atoms with Crippen molar-refractivity contribution in [3.05, 3.63) is 29.6 Å². The molecule has 2 saturated heterocycles. The van der Waals surface area contributed by atoms with Gasteiger partial charge in [-0.2, -0.15) is 4.83 Å². The van der Waals surface area contributed by atoms with E-state index in [0.717, 1.165) is 68.8 Å². The number of nitrogens with one attached hydrogen (secondary N) is 3. The third-order valence-electron chi connectivity index (χ3n) is 9.31. The van der Waals surface area contributed by atoms with Crippen LogP contribution in [0.3, 0.4) is 0 Å². The van der Waals surface area contributed by atoms with Gasteiger partial charge in [0.2, 0.25) is 0 Å². The van der Waals surface area contributed by atoms with Crippen molar-refractivity contribution < 1.29 is 8.76 Å². The quantitative estimate of drug-likeness (QED) is 0.246. The molecule has 3 atom stereocenters. The Labute approximate surface area is 224 Å². The highest BCUT2D eigenvalue weighted by molar-refractivity contribution is 7.76. The second-order valence-electron chi connectivity index (χ2n) is 11.8. The van der Waals surface area contributed by atoms with Crippen LogP contribution in [0, 0.1) is 17.8 Å². The van der Waals surface area contributed by atoms with Crippen molar-refractivity contribution in [2.75, 3.05) is 26.2 Å². The number of nitrogens with zero attached hydrogens (tertiary/aromatic N) is 3. The number of likely N-dealkylation sites (tertiary alicyclic amines) is 1. The maximum atomic E-state index is 11.0. The Hall–Kier alpha value is -1.36. The van der Waals surface area contributed by atoms with Crippen LogP contribution in [0.1, 0.15) is 82.5 Å². The number of piperidine rings is 1. The van der Waals surface area contributed by atoms with Gasteiger partial charge in [0.05, 0.1) is 0 Å². The lowest BCUT2D eigenvalue weighted by molar-refractivity contribution is 0.156. The van der Waals surface area contributed by atoms with Crippen LogP contribution in [0.5, 0.6) is 0 Å². The van der Waals surface area contributed by atoms with Crippen LogP contribution >= 0.6 is 0 Å². The summed E-state index contributed by atoms with van der Waals surface area (Å²) in [6.45, 7) is 9.59. The molecule has 0 aromatic carbocycles. The average molecular weight is 530 g/mol. The van der Waals surface area contributed by atoms with E-state index in [9.17, 15) is 8.76 Å². The molecule has 0 radical (unpaired) electrons. The molecule has 8 nitrogen and oxygen atoms in total. The van der Waals surface area contributed by atoms with Gasteiger partial charge in [0.25, 0.3) is 0 Å². The zero-order chi connectivity index (χ0) is 25.8. The summed E-state index contributed by atoms with van der Waals surface area (Å²) in [5, 5.41) is 5.16. The molecule has 9 heteroatoms. The largest absolute Gasteiger partial charge is 0.759 e. The molecule has 3 aliphatic rings. The Bertz CT molecular complexity index is 1040. The first kappa shape index (κ1) is 27.2. The van der Waals surface area contributed by atoms with E-state index >= 15 is 0 Å². The van der Waals surface area contributed by atoms with Gasteiger partial charge in [0.15, 0.2) is 0 Å². The Morgan fingerprint density at radius 1 is 1.19 bits per heavy atom. The standard InChI is InChI=1S/C28H46N6O2S/c1-20(2)21-7-9-22(10-8-21)26-18-23(11-14-29-26)34-27(12-15-31-32-37(35)36)25(19-33-16-3-4-17-33)24-6-5-13-30-28(24)34/h5-6,13,20-23,26,29,31-32H,3-4,7-12,14-19H2,1-2H3,(H,35,36)/p-1. The van der Waals surface area contributed by atoms with E-state index in [-0.39, 0.29) is 0 Å². The normalized spacial score (nSPS) is 28.3. The molecule has 37 heavy (non-hydrogen) atoms. The first-order valence-electron chi connectivity index (χ1n) is 14.5. The molecule has 3 fully saturated rings. The van der Waals surface area contributed by atoms with Crippen molar-refractivity contribution in [3.63, 3.8) is 0 Å². The van der Waals surface area contributed by atoms with Crippen molar-refractivity contribution in [2.24, 2.45) is 17.8 Å². The highest BCUT2D eigenvalue weighted by Gasteiger charge is 2.34. The van der Waals surface area contributed by atoms with E-state index < -0.39 is 11.3 Å². The summed E-state index contributed by atoms with van der Waals surface area (Å²) in [5.41, 5.74) is 6.68. The maximum Gasteiger partial charge on any atom is 0.140 e. The number of hydrogen-bond donors (Lipinski definition) is 3. The zero-order valence-corrected chi connectivity index (χ0v) is 23.4. The predicted octanol–water partition coefficient (Wildman–Crippen LogP) is 3.82. The molecule has 206 valence electrons. The molecule has 0 bridgehead atoms. The van der Waals surface area contributed by atoms with E-state index in [0.29, 0.717) is 18.6 Å². The van der Waals surface area contributed by atoms with Gasteiger partial charge in [-0.15, -0.1) is 0 Å². The number of pyridine rings is 1. The van der Waals surface area contributed by atoms with Crippen LogP contribution in [0.25, 0.3) is 11.0 Å². The first-order chi connectivity index (χ1) is 18.0. The average Bonchev–Trinajstić information content (AvgIpc) is 3.53. The highest BCUT2D eigenvalue weighted by atomic mass is 32.2. The maximum absolute atomic E-state index is 11.0. The van der Waals surface area contributed by atoms with Crippen LogP contribution in [0.15, 0.2) is 18.3 Å². The van der Waals surface area contributed by atoms with Gasteiger partial charge in [-0.3, -0.25) is 9.11 Å². The summed E-state index contributed by atoms with van der Waals surface area (Å²) >= 11 is -2.32. The summed E-state index contributed by atoms with van der Waals surface area (Å²) in [6.07, 6.45) is 12.9. The lowest BCUT2D eigenvalue weighted by Crippen LogP contribution is -2.45. The van der Waals surface area contributed by atoms with Crippen LogP contribution < -0.4 is 15.6 Å². The number of hydrogen-bond acceptors (Lipinski definition) is 6. The summed E-state index contributed by atoms with van der Waals surface area (Å²) in [5.74, 6) is 2.44. The predicted molar refractivity (Wildman–Crippen MR) is 148 cm³/mol. The monoisotopic (exact) mass is 529 g/mol. The topological polar surface area (TPSA) is 97.3 Å². The van der Waals surface area contributed by atoms with Crippen molar-refractivity contribution in [1.29, 1.82) is 0 Å². The Morgan fingerprint density at radius 3 is 2.70 bits per heavy atom. The molecule has 2 aromatic rings. The van der Waals surface area contributed by atoms with Crippen molar-refractivity contribution in [2.45, 2.75) is 90.3 Å². The van der Waals surface area contributed by atoms with E-state index in [1.807, 2.05) is 6.20 Å². The fourth-order valence-electron chi connectivity index (χ4n) is 7.29. The van der Waals surface area contributed by atoms with Crippen LogP contribution in [0.4, 0.5) is 0 Å². The molecule has 5 rings (SSSR count). The molecular formula is C28H45N6O2S-. The van der Waals surface area contributed by atoms with Crippen LogP contribution in [-0.4, -0.2) is 55.4 Å². The number of hydrazine groups is 1. The lowest BCUT2D eigenvalue weighted by atomic mass is 9.73. The van der Waals surface area contributed by atoms with Gasteiger partial charge in [0.1, 0.15) is 5.65 Å². The minimum Gasteiger partial charge on any atom is -0.759 e. The molecular weight excluding hydrogens is 484 g/mol. The molecule has 0 spiro atoms. The van der Waals surface area contributed by atoms with Crippen LogP contribution in [0.2, 0.25) is 0 Å². The van der Waals surface area contributed by atoms with E-state index in [1.165, 1.54) is 55.2 Å². The van der Waals surface area contributed by atoms with Gasteiger partial charge in [0, 0.05) is 60.1 Å². The van der Waals surface area contributed by atoms with Gasteiger partial charge in [-0.05, 0) is 106 Å². The van der Waals surface area contributed by atoms with Crippen molar-refractivity contribution in [3.8, 4) is 0 Å². The van der Waals surface area contributed by atoms with E-state index in [2.05, 4.69) is 51.0 Å². The molecule has 2 aliphatic heterocycles. The summed E-state index contributed by atoms with van der Waals surface area (Å²) < 4.78 is 24.6. The molecule has 3 N–H and O–H groups in total. The van der Waals surface area contributed by atoms with Crippen molar-refractivity contribution >= 4 is 22.3 Å². The highest BCUT2D eigenvalue weighted by Crippen LogP contribution is 2.40. The van der Waals surface area contributed by atoms with E-state index in [4.69, 9.17) is 4.98 Å². The second-order valence-corrected chi connectivity index (χ2v) is 12.5. The smallest absolute Gasteiger partial charge is 0.140 e. The van der Waals surface area contributed by atoms with Crippen LogP contribution in [-0.2, 0) is 24.2 Å². The third-order valence-corrected chi connectivity index (χ3v) is 9.62. The molecule has 1 saturated carbocycles. The Morgan fingerprint density at radius 2 is 1.97 bits per heavy atom. The van der Waals surface area contributed by atoms with E-state index in [1.54, 1.807) is 0 Å². The van der Waals surface area contributed by atoms with Gasteiger partial charge in [-0.25, -0.2) is 10.4 Å². The second kappa shape index (κ2) is 12.7. The number of fused-ring (bicyclic) bond motifs is 1. The number of rotatable bonds is 10. The minimum atomic E-state index is -2.32. The van der Waals surface area contributed by atoms with Gasteiger partial charge >= 0.3 is 0 Å². The number of aromatic nitrogens is 2. The Balaban J connectivity index is 1.41. The molecule has 1 aliphatic carbocycles. The molecule has 0 amide bonds. The van der Waals surface area contributed by atoms with Crippen molar-refractivity contribution in [1.82, 2.24) is 30.0 Å². The Kier molecular flexibility index (Phi) is 9.31. The third kappa shape index (κ3) is 6.45. The van der Waals surface area contributed by atoms with Gasteiger partial charge < -0.3 is 14.4 Å². The SMILES string of the molecule is CC(C)C1CCC(C2CC(n3c(CCNNS(=O)[O-])c(CN4CCCC4)c4cccnc43)CCN2)CC1. The molecule has 2 aromatic heterocycles. The molecule has 3 unspecified atom stereocenters. The molecule has 4 heterocycles. The zero-order valence-electron chi connectivity index (χ0n) is 22.6. The fourth-order valence-corrected chi connectivity index (χ4v) is 7.51.